The molecular weight excluding hydrogens is 558 g/mol. The number of hydrogen-bond donors (Lipinski definition) is 3. The molecule has 12 heteroatoms. The first kappa shape index (κ1) is 27.0. The summed E-state index contributed by atoms with van der Waals surface area (Å²) in [6.45, 7) is 0. The number of carbonyl (C=O) groups excluding carboxylic acids is 2. The molecule has 182 valence electrons. The van der Waals surface area contributed by atoms with Crippen LogP contribution in [0.1, 0.15) is 20.7 Å². The van der Waals surface area contributed by atoms with E-state index in [1.807, 2.05) is 0 Å². The van der Waals surface area contributed by atoms with Crippen LogP contribution in [0, 0.1) is 0 Å². The number of rotatable bonds is 8. The van der Waals surface area contributed by atoms with Crippen LogP contribution in [0.2, 0.25) is 20.1 Å². The van der Waals surface area contributed by atoms with Gasteiger partial charge in [-0.1, -0.05) is 58.5 Å². The molecule has 0 radical (unpaired) electrons. The SMILES string of the molecule is COc1ccccc1NC(=O)CSc1ccc(NC(=O)c2c(Cl)c(Cl)c(Cl)c(Cl)c2C(=O)O)cc1. The van der Waals surface area contributed by atoms with E-state index in [0.717, 1.165) is 4.90 Å². The Morgan fingerprint density at radius 3 is 2.06 bits per heavy atom. The van der Waals surface area contributed by atoms with Crippen LogP contribution in [-0.4, -0.2) is 35.8 Å². The molecule has 3 rings (SSSR count). The Hall–Kier alpha value is -2.62. The van der Waals surface area contributed by atoms with E-state index in [1.54, 1.807) is 48.5 Å². The van der Waals surface area contributed by atoms with E-state index in [9.17, 15) is 19.5 Å². The molecule has 3 N–H and O–H groups in total. The number of methoxy groups -OCH3 is 1. The number of hydrogen-bond acceptors (Lipinski definition) is 5. The molecule has 0 aromatic heterocycles. The van der Waals surface area contributed by atoms with Gasteiger partial charge in [0, 0.05) is 10.6 Å². The average molecular weight is 574 g/mol. The number of thioether (sulfide) groups is 1. The highest BCUT2D eigenvalue weighted by atomic mass is 35.5. The molecule has 0 bridgehead atoms. The summed E-state index contributed by atoms with van der Waals surface area (Å²) in [7, 11) is 1.52. The Labute approximate surface area is 224 Å². The average Bonchev–Trinajstić information content (AvgIpc) is 2.84. The van der Waals surface area contributed by atoms with Gasteiger partial charge in [-0.25, -0.2) is 4.79 Å². The van der Waals surface area contributed by atoms with Crippen molar-refractivity contribution in [1.82, 2.24) is 0 Å². The Morgan fingerprint density at radius 1 is 0.857 bits per heavy atom. The first-order valence-corrected chi connectivity index (χ1v) is 12.2. The van der Waals surface area contributed by atoms with Crippen LogP contribution in [-0.2, 0) is 4.79 Å². The van der Waals surface area contributed by atoms with Crippen LogP contribution in [0.3, 0.4) is 0 Å². The van der Waals surface area contributed by atoms with Gasteiger partial charge in [-0.2, -0.15) is 0 Å². The van der Waals surface area contributed by atoms with Crippen molar-refractivity contribution in [2.75, 3.05) is 23.5 Å². The number of halogens is 4. The fraction of sp³-hybridized carbons (Fsp3) is 0.0870. The lowest BCUT2D eigenvalue weighted by Crippen LogP contribution is -2.18. The number of ether oxygens (including phenoxy) is 1. The molecule has 0 unspecified atom stereocenters. The van der Waals surface area contributed by atoms with Crippen LogP contribution in [0.4, 0.5) is 11.4 Å². The van der Waals surface area contributed by atoms with E-state index >= 15 is 0 Å². The summed E-state index contributed by atoms with van der Waals surface area (Å²) in [4.78, 5) is 37.5. The van der Waals surface area contributed by atoms with Gasteiger partial charge in [-0.15, -0.1) is 11.8 Å². The van der Waals surface area contributed by atoms with Crippen molar-refractivity contribution < 1.29 is 24.2 Å². The topological polar surface area (TPSA) is 105 Å². The maximum absolute atomic E-state index is 12.8. The second kappa shape index (κ2) is 11.9. The maximum atomic E-state index is 12.8. The molecular formula is C23H16Cl4N2O5S. The number of carboxylic acid groups (broad SMARTS) is 1. The lowest BCUT2D eigenvalue weighted by atomic mass is 10.1. The third kappa shape index (κ3) is 6.34. The van der Waals surface area contributed by atoms with Gasteiger partial charge in [0.05, 0.1) is 49.8 Å². The Balaban J connectivity index is 1.68. The van der Waals surface area contributed by atoms with Crippen LogP contribution in [0.15, 0.2) is 53.4 Å². The van der Waals surface area contributed by atoms with Crippen molar-refractivity contribution in [2.24, 2.45) is 0 Å². The molecule has 0 saturated heterocycles. The minimum atomic E-state index is -1.49. The third-order valence-corrected chi connectivity index (χ3v) is 7.39. The lowest BCUT2D eigenvalue weighted by molar-refractivity contribution is -0.113. The summed E-state index contributed by atoms with van der Waals surface area (Å²) in [5, 5.41) is 13.6. The number of para-hydroxylation sites is 2. The van der Waals surface area contributed by atoms with Crippen LogP contribution >= 0.6 is 58.2 Å². The maximum Gasteiger partial charge on any atom is 0.338 e. The molecule has 0 aliphatic heterocycles. The lowest BCUT2D eigenvalue weighted by Gasteiger charge is -2.14. The number of benzene rings is 3. The molecule has 2 amide bonds. The van der Waals surface area contributed by atoms with Crippen molar-refractivity contribution >= 4 is 87.3 Å². The number of aromatic carboxylic acids is 1. The molecule has 0 aliphatic carbocycles. The van der Waals surface area contributed by atoms with Gasteiger partial charge in [0.2, 0.25) is 5.91 Å². The van der Waals surface area contributed by atoms with Crippen molar-refractivity contribution in [3.63, 3.8) is 0 Å². The predicted octanol–water partition coefficient (Wildman–Crippen LogP) is 6.99. The number of carbonyl (C=O) groups is 3. The van der Waals surface area contributed by atoms with Crippen LogP contribution in [0.5, 0.6) is 5.75 Å². The fourth-order valence-corrected chi connectivity index (χ4v) is 4.67. The van der Waals surface area contributed by atoms with Gasteiger partial charge in [-0.3, -0.25) is 9.59 Å². The molecule has 0 atom stereocenters. The highest BCUT2D eigenvalue weighted by molar-refractivity contribution is 8.00. The number of amides is 2. The van der Waals surface area contributed by atoms with Gasteiger partial charge in [0.25, 0.3) is 5.91 Å². The zero-order valence-corrected chi connectivity index (χ0v) is 21.7. The van der Waals surface area contributed by atoms with Gasteiger partial charge in [-0.05, 0) is 36.4 Å². The summed E-state index contributed by atoms with van der Waals surface area (Å²) < 4.78 is 5.21. The predicted molar refractivity (Wildman–Crippen MR) is 140 cm³/mol. The summed E-state index contributed by atoms with van der Waals surface area (Å²) >= 11 is 25.3. The van der Waals surface area contributed by atoms with E-state index in [4.69, 9.17) is 51.1 Å². The monoisotopic (exact) mass is 572 g/mol. The summed E-state index contributed by atoms with van der Waals surface area (Å²) in [6.07, 6.45) is 0. The first-order chi connectivity index (χ1) is 16.6. The van der Waals surface area contributed by atoms with Crippen molar-refractivity contribution in [3.05, 3.63) is 79.7 Å². The minimum absolute atomic E-state index is 0.142. The Bertz CT molecular complexity index is 1300. The first-order valence-electron chi connectivity index (χ1n) is 9.70. The van der Waals surface area contributed by atoms with Crippen LogP contribution in [0.25, 0.3) is 0 Å². The summed E-state index contributed by atoms with van der Waals surface area (Å²) in [5.74, 6) is -1.84. The number of carboxylic acids is 1. The van der Waals surface area contributed by atoms with E-state index in [-0.39, 0.29) is 26.7 Å². The minimum Gasteiger partial charge on any atom is -0.495 e. The Morgan fingerprint density at radius 2 is 1.46 bits per heavy atom. The molecule has 3 aromatic carbocycles. The molecule has 0 spiro atoms. The van der Waals surface area contributed by atoms with Crippen LogP contribution < -0.4 is 15.4 Å². The molecule has 0 aliphatic rings. The number of anilines is 2. The summed E-state index contributed by atoms with van der Waals surface area (Å²) in [6, 6.07) is 13.6. The summed E-state index contributed by atoms with van der Waals surface area (Å²) in [5.41, 5.74) is -0.0466. The highest BCUT2D eigenvalue weighted by Gasteiger charge is 2.28. The highest BCUT2D eigenvalue weighted by Crippen LogP contribution is 2.41. The molecule has 7 nitrogen and oxygen atoms in total. The van der Waals surface area contributed by atoms with Gasteiger partial charge >= 0.3 is 5.97 Å². The molecule has 35 heavy (non-hydrogen) atoms. The molecule has 0 heterocycles. The van der Waals surface area contributed by atoms with E-state index < -0.39 is 28.0 Å². The molecule has 0 fully saturated rings. The standard InChI is InChI=1S/C23H16Cl4N2O5S/c1-34-14-5-3-2-4-13(14)29-15(30)10-35-12-8-6-11(7-9-12)28-22(31)16-17(23(32)33)19(25)21(27)20(26)18(16)24/h2-9H,10H2,1H3,(H,28,31)(H,29,30)(H,32,33). The van der Waals surface area contributed by atoms with E-state index in [0.29, 0.717) is 17.1 Å². The van der Waals surface area contributed by atoms with Crippen molar-refractivity contribution in [2.45, 2.75) is 4.90 Å². The zero-order valence-electron chi connectivity index (χ0n) is 17.8. The Kier molecular flexibility index (Phi) is 9.15. The smallest absolute Gasteiger partial charge is 0.338 e. The second-order valence-electron chi connectivity index (χ2n) is 6.83. The van der Waals surface area contributed by atoms with E-state index in [1.165, 1.54) is 18.9 Å². The largest absolute Gasteiger partial charge is 0.495 e. The third-order valence-electron chi connectivity index (χ3n) is 4.57. The number of nitrogens with one attached hydrogen (secondary N) is 2. The molecule has 3 aromatic rings. The zero-order chi connectivity index (χ0) is 25.7. The van der Waals surface area contributed by atoms with Gasteiger partial charge in [0.15, 0.2) is 0 Å². The quantitative estimate of drug-likeness (QED) is 0.152. The second-order valence-corrected chi connectivity index (χ2v) is 9.39. The van der Waals surface area contributed by atoms with Gasteiger partial charge < -0.3 is 20.5 Å². The van der Waals surface area contributed by atoms with Crippen molar-refractivity contribution in [1.29, 1.82) is 0 Å². The molecule has 0 saturated carbocycles. The van der Waals surface area contributed by atoms with Crippen molar-refractivity contribution in [3.8, 4) is 5.75 Å². The normalized spacial score (nSPS) is 10.5. The van der Waals surface area contributed by atoms with Gasteiger partial charge in [0.1, 0.15) is 5.75 Å². The fourth-order valence-electron chi connectivity index (χ4n) is 2.96. The van der Waals surface area contributed by atoms with E-state index in [2.05, 4.69) is 10.6 Å².